The van der Waals surface area contributed by atoms with E-state index in [1.807, 2.05) is 24.3 Å². The summed E-state index contributed by atoms with van der Waals surface area (Å²) in [5.41, 5.74) is 6.91. The molecule has 0 bridgehead atoms. The summed E-state index contributed by atoms with van der Waals surface area (Å²) in [6, 6.07) is 13.9. The van der Waals surface area contributed by atoms with Crippen LogP contribution < -0.4 is 20.9 Å². The average molecular weight is 404 g/mol. The second kappa shape index (κ2) is 9.57. The Labute approximate surface area is 167 Å². The van der Waals surface area contributed by atoms with Gasteiger partial charge in [-0.05, 0) is 36.4 Å². The maximum atomic E-state index is 13.1. The second-order valence-corrected chi connectivity index (χ2v) is 7.71. The van der Waals surface area contributed by atoms with E-state index in [1.54, 1.807) is 12.1 Å². The number of carbonyl (C=O) groups excluding carboxylic acids is 2. The van der Waals surface area contributed by atoms with Gasteiger partial charge in [-0.2, -0.15) is 0 Å². The minimum atomic E-state index is -0.394. The van der Waals surface area contributed by atoms with Crippen LogP contribution in [0.25, 0.3) is 0 Å². The zero-order valence-corrected chi connectivity index (χ0v) is 16.3. The van der Waals surface area contributed by atoms with E-state index in [1.165, 1.54) is 28.8 Å². The molecule has 4 N–H and O–H groups in total. The number of rotatable bonds is 7. The lowest BCUT2D eigenvalue weighted by Gasteiger charge is -2.33. The van der Waals surface area contributed by atoms with Crippen molar-refractivity contribution in [1.82, 2.24) is 0 Å². The SMILES string of the molecule is NC(=O)CSc1ccccc1NC(=O)C[NH+]1CCN(c2ccc(F)cc2)CC1. The number of primary amides is 1. The number of nitrogens with two attached hydrogens (primary N) is 1. The van der Waals surface area contributed by atoms with Crippen LogP contribution in [0.1, 0.15) is 0 Å². The number of hydrogen-bond acceptors (Lipinski definition) is 4. The molecule has 0 atom stereocenters. The molecule has 148 valence electrons. The van der Waals surface area contributed by atoms with Crippen LogP contribution in [0.5, 0.6) is 0 Å². The summed E-state index contributed by atoms with van der Waals surface area (Å²) in [5.74, 6) is -0.519. The molecular weight excluding hydrogens is 379 g/mol. The molecule has 3 rings (SSSR count). The van der Waals surface area contributed by atoms with Gasteiger partial charge in [0.15, 0.2) is 6.54 Å². The quantitative estimate of drug-likeness (QED) is 0.596. The van der Waals surface area contributed by atoms with E-state index in [9.17, 15) is 14.0 Å². The summed E-state index contributed by atoms with van der Waals surface area (Å²) in [7, 11) is 0. The lowest BCUT2D eigenvalue weighted by atomic mass is 10.2. The normalized spacial score (nSPS) is 14.7. The van der Waals surface area contributed by atoms with E-state index in [-0.39, 0.29) is 17.5 Å². The first kappa shape index (κ1) is 20.2. The van der Waals surface area contributed by atoms with Gasteiger partial charge in [0.1, 0.15) is 5.82 Å². The molecule has 1 heterocycles. The molecule has 2 aromatic rings. The highest BCUT2D eigenvalue weighted by molar-refractivity contribution is 8.00. The fourth-order valence-corrected chi connectivity index (χ4v) is 3.92. The lowest BCUT2D eigenvalue weighted by molar-refractivity contribution is -0.892. The predicted octanol–water partition coefficient (Wildman–Crippen LogP) is 0.747. The summed E-state index contributed by atoms with van der Waals surface area (Å²) in [5, 5.41) is 2.94. The van der Waals surface area contributed by atoms with Crippen LogP contribution in [0.15, 0.2) is 53.4 Å². The maximum absolute atomic E-state index is 13.1. The van der Waals surface area contributed by atoms with Gasteiger partial charge in [0.2, 0.25) is 5.91 Å². The highest BCUT2D eigenvalue weighted by Gasteiger charge is 2.22. The average Bonchev–Trinajstić information content (AvgIpc) is 2.68. The summed E-state index contributed by atoms with van der Waals surface area (Å²) < 4.78 is 13.1. The summed E-state index contributed by atoms with van der Waals surface area (Å²) in [6.45, 7) is 3.69. The van der Waals surface area contributed by atoms with E-state index in [0.717, 1.165) is 36.8 Å². The molecule has 0 saturated carbocycles. The van der Waals surface area contributed by atoms with Gasteiger partial charge in [-0.25, -0.2) is 4.39 Å². The van der Waals surface area contributed by atoms with Crippen molar-refractivity contribution in [3.8, 4) is 0 Å². The second-order valence-electron chi connectivity index (χ2n) is 6.69. The largest absolute Gasteiger partial charge is 0.369 e. The highest BCUT2D eigenvalue weighted by Crippen LogP contribution is 2.26. The molecule has 1 saturated heterocycles. The number of anilines is 2. The number of halogens is 1. The number of hydrogen-bond donors (Lipinski definition) is 3. The number of carbonyl (C=O) groups is 2. The molecular formula is C20H24FN4O2S+. The molecule has 8 heteroatoms. The van der Waals surface area contributed by atoms with Crippen LogP contribution in [0.3, 0.4) is 0 Å². The van der Waals surface area contributed by atoms with Crippen LogP contribution in [0, 0.1) is 5.82 Å². The summed E-state index contributed by atoms with van der Waals surface area (Å²) >= 11 is 1.31. The molecule has 0 unspecified atom stereocenters. The van der Waals surface area contributed by atoms with Crippen molar-refractivity contribution in [2.75, 3.05) is 48.7 Å². The molecule has 28 heavy (non-hydrogen) atoms. The number of quaternary nitrogens is 1. The van der Waals surface area contributed by atoms with E-state index in [4.69, 9.17) is 5.73 Å². The Morgan fingerprint density at radius 2 is 1.79 bits per heavy atom. The van der Waals surface area contributed by atoms with E-state index in [0.29, 0.717) is 12.2 Å². The van der Waals surface area contributed by atoms with Crippen LogP contribution in [-0.4, -0.2) is 50.3 Å². The topological polar surface area (TPSA) is 79.9 Å². The van der Waals surface area contributed by atoms with Gasteiger partial charge < -0.3 is 20.9 Å². The van der Waals surface area contributed by atoms with Crippen molar-refractivity contribution in [2.24, 2.45) is 5.73 Å². The van der Waals surface area contributed by atoms with Crippen LogP contribution in [0.2, 0.25) is 0 Å². The predicted molar refractivity (Wildman–Crippen MR) is 109 cm³/mol. The monoisotopic (exact) mass is 403 g/mol. The van der Waals surface area contributed by atoms with Crippen molar-refractivity contribution in [2.45, 2.75) is 4.90 Å². The minimum Gasteiger partial charge on any atom is -0.369 e. The number of piperazine rings is 1. The molecule has 0 spiro atoms. The van der Waals surface area contributed by atoms with Crippen molar-refractivity contribution < 1.29 is 18.9 Å². The Hall–Kier alpha value is -2.58. The Bertz CT molecular complexity index is 823. The Kier molecular flexibility index (Phi) is 6.89. The van der Waals surface area contributed by atoms with Crippen LogP contribution >= 0.6 is 11.8 Å². The standard InChI is InChI=1S/C20H23FN4O2S/c21-15-5-7-16(8-6-15)25-11-9-24(10-12-25)13-20(27)23-17-3-1-2-4-18(17)28-14-19(22)26/h1-8H,9-14H2,(H2,22,26)(H,23,27)/p+1. The smallest absolute Gasteiger partial charge is 0.279 e. The van der Waals surface area contributed by atoms with Gasteiger partial charge in [0, 0.05) is 10.6 Å². The fraction of sp³-hybridized carbons (Fsp3) is 0.300. The highest BCUT2D eigenvalue weighted by atomic mass is 32.2. The number of amides is 2. The first-order chi connectivity index (χ1) is 13.5. The van der Waals surface area contributed by atoms with Gasteiger partial charge in [-0.3, -0.25) is 9.59 Å². The van der Waals surface area contributed by atoms with E-state index in [2.05, 4.69) is 10.2 Å². The third-order valence-corrected chi connectivity index (χ3v) is 5.70. The third kappa shape index (κ3) is 5.71. The minimum absolute atomic E-state index is 0.0580. The van der Waals surface area contributed by atoms with Gasteiger partial charge in [0.25, 0.3) is 5.91 Å². The zero-order chi connectivity index (χ0) is 19.9. The maximum Gasteiger partial charge on any atom is 0.279 e. The van der Waals surface area contributed by atoms with Crippen molar-refractivity contribution in [3.63, 3.8) is 0 Å². The van der Waals surface area contributed by atoms with Crippen molar-refractivity contribution >= 4 is 35.0 Å². The number of thioether (sulfide) groups is 1. The zero-order valence-electron chi connectivity index (χ0n) is 15.5. The van der Waals surface area contributed by atoms with Gasteiger partial charge in [0.05, 0.1) is 37.6 Å². The van der Waals surface area contributed by atoms with E-state index < -0.39 is 5.91 Å². The van der Waals surface area contributed by atoms with Crippen molar-refractivity contribution in [3.05, 3.63) is 54.3 Å². The molecule has 2 amide bonds. The molecule has 6 nitrogen and oxygen atoms in total. The van der Waals surface area contributed by atoms with Gasteiger partial charge >= 0.3 is 0 Å². The first-order valence-electron chi connectivity index (χ1n) is 9.15. The van der Waals surface area contributed by atoms with Gasteiger partial charge in [-0.15, -0.1) is 11.8 Å². The number of para-hydroxylation sites is 1. The number of benzene rings is 2. The molecule has 0 aliphatic carbocycles. The Balaban J connectivity index is 1.50. The van der Waals surface area contributed by atoms with E-state index >= 15 is 0 Å². The Morgan fingerprint density at radius 3 is 2.46 bits per heavy atom. The third-order valence-electron chi connectivity index (χ3n) is 4.60. The molecule has 0 aromatic heterocycles. The van der Waals surface area contributed by atoms with Crippen molar-refractivity contribution in [1.29, 1.82) is 0 Å². The first-order valence-corrected chi connectivity index (χ1v) is 10.1. The molecule has 0 radical (unpaired) electrons. The van der Waals surface area contributed by atoms with Gasteiger partial charge in [-0.1, -0.05) is 12.1 Å². The molecule has 1 fully saturated rings. The molecule has 1 aliphatic rings. The number of nitrogens with zero attached hydrogens (tertiary/aromatic N) is 1. The van der Waals surface area contributed by atoms with Crippen LogP contribution in [-0.2, 0) is 9.59 Å². The Morgan fingerprint density at radius 1 is 1.11 bits per heavy atom. The number of nitrogens with one attached hydrogen (secondary N) is 2. The molecule has 1 aliphatic heterocycles. The fourth-order valence-electron chi connectivity index (χ4n) is 3.18. The summed E-state index contributed by atoms with van der Waals surface area (Å²) in [4.78, 5) is 27.7. The van der Waals surface area contributed by atoms with Crippen LogP contribution in [0.4, 0.5) is 15.8 Å². The summed E-state index contributed by atoms with van der Waals surface area (Å²) in [6.07, 6.45) is 0. The molecule has 2 aromatic carbocycles. The lowest BCUT2D eigenvalue weighted by Crippen LogP contribution is -3.15.